The molecule has 0 unspecified atom stereocenters. The van der Waals surface area contributed by atoms with E-state index in [1.165, 1.54) is 40.4 Å². The number of aromatic nitrogens is 2. The third-order valence-corrected chi connectivity index (χ3v) is 8.33. The maximum atomic E-state index is 13.3. The minimum Gasteiger partial charge on any atom is -0.324 e. The number of carbonyl (C=O) groups excluding carboxylic acids is 1. The van der Waals surface area contributed by atoms with E-state index in [0.29, 0.717) is 27.3 Å². The molecule has 8 nitrogen and oxygen atoms in total. The maximum Gasteiger partial charge on any atom is 0.263 e. The summed E-state index contributed by atoms with van der Waals surface area (Å²) in [6.45, 7) is 3.11. The van der Waals surface area contributed by atoms with Crippen LogP contribution in [0.1, 0.15) is 11.4 Å². The molecular formula is C21H20N4O4S3. The van der Waals surface area contributed by atoms with E-state index in [0.717, 1.165) is 10.4 Å². The molecule has 0 aliphatic heterocycles. The molecule has 0 spiro atoms. The molecule has 4 aromatic rings. The van der Waals surface area contributed by atoms with Crippen molar-refractivity contribution in [2.45, 2.75) is 25.3 Å². The lowest BCUT2D eigenvalue weighted by Crippen LogP contribution is -2.30. The van der Waals surface area contributed by atoms with Crippen LogP contribution in [-0.2, 0) is 21.4 Å². The average molecular weight is 489 g/mol. The van der Waals surface area contributed by atoms with Gasteiger partial charge in [-0.3, -0.25) is 14.2 Å². The lowest BCUT2D eigenvalue weighted by Gasteiger charge is -2.12. The van der Waals surface area contributed by atoms with Crippen LogP contribution in [0, 0.1) is 13.8 Å². The van der Waals surface area contributed by atoms with E-state index in [-0.39, 0.29) is 17.0 Å². The second kappa shape index (κ2) is 8.58. The van der Waals surface area contributed by atoms with Gasteiger partial charge >= 0.3 is 0 Å². The second-order valence-corrected chi connectivity index (χ2v) is 10.8. The van der Waals surface area contributed by atoms with Crippen molar-refractivity contribution in [3.63, 3.8) is 0 Å². The highest BCUT2D eigenvalue weighted by Gasteiger charge is 2.19. The summed E-state index contributed by atoms with van der Waals surface area (Å²) < 4.78 is 28.0. The number of anilines is 1. The highest BCUT2D eigenvalue weighted by atomic mass is 32.2. The Kier molecular flexibility index (Phi) is 5.99. The van der Waals surface area contributed by atoms with Crippen LogP contribution in [-0.4, -0.2) is 30.9 Å². The third kappa shape index (κ3) is 4.11. The number of benzene rings is 1. The Bertz CT molecular complexity index is 1490. The summed E-state index contributed by atoms with van der Waals surface area (Å²) in [4.78, 5) is 32.2. The highest BCUT2D eigenvalue weighted by molar-refractivity contribution is 7.89. The van der Waals surface area contributed by atoms with Crippen molar-refractivity contribution in [2.24, 2.45) is 0 Å². The van der Waals surface area contributed by atoms with Gasteiger partial charge in [0, 0.05) is 21.5 Å². The molecule has 3 aromatic heterocycles. The largest absolute Gasteiger partial charge is 0.324 e. The van der Waals surface area contributed by atoms with Crippen LogP contribution < -0.4 is 15.6 Å². The van der Waals surface area contributed by atoms with E-state index in [1.54, 1.807) is 26.0 Å². The fourth-order valence-electron chi connectivity index (χ4n) is 3.35. The molecule has 32 heavy (non-hydrogen) atoms. The zero-order valence-corrected chi connectivity index (χ0v) is 20.0. The average Bonchev–Trinajstić information content (AvgIpc) is 3.42. The number of thiophene rings is 2. The molecular weight excluding hydrogens is 468 g/mol. The zero-order valence-electron chi connectivity index (χ0n) is 17.5. The Balaban J connectivity index is 1.66. The molecule has 2 N–H and O–H groups in total. The van der Waals surface area contributed by atoms with Crippen molar-refractivity contribution in [1.29, 1.82) is 0 Å². The first kappa shape index (κ1) is 22.3. The molecule has 0 aliphatic rings. The lowest BCUT2D eigenvalue weighted by molar-refractivity contribution is -0.116. The number of hydrogen-bond acceptors (Lipinski definition) is 7. The lowest BCUT2D eigenvalue weighted by atomic mass is 10.2. The molecule has 0 fully saturated rings. The molecule has 4 rings (SSSR count). The molecule has 0 radical (unpaired) electrons. The number of amides is 1. The summed E-state index contributed by atoms with van der Waals surface area (Å²) in [5.74, 6) is -0.0273. The molecule has 11 heteroatoms. The number of fused-ring (bicyclic) bond motifs is 1. The summed E-state index contributed by atoms with van der Waals surface area (Å²) >= 11 is 2.93. The first-order chi connectivity index (χ1) is 15.2. The van der Waals surface area contributed by atoms with Gasteiger partial charge in [0.2, 0.25) is 15.9 Å². The Morgan fingerprint density at radius 2 is 1.97 bits per heavy atom. The van der Waals surface area contributed by atoms with Gasteiger partial charge in [-0.1, -0.05) is 12.1 Å². The molecule has 0 saturated carbocycles. The van der Waals surface area contributed by atoms with Crippen LogP contribution in [0.5, 0.6) is 0 Å². The monoisotopic (exact) mass is 488 g/mol. The first-order valence-corrected chi connectivity index (χ1v) is 12.8. The van der Waals surface area contributed by atoms with Crippen molar-refractivity contribution in [3.8, 4) is 10.4 Å². The van der Waals surface area contributed by atoms with Gasteiger partial charge in [-0.2, -0.15) is 0 Å². The predicted molar refractivity (Wildman–Crippen MR) is 128 cm³/mol. The van der Waals surface area contributed by atoms with E-state index in [9.17, 15) is 18.0 Å². The van der Waals surface area contributed by atoms with Crippen LogP contribution in [0.25, 0.3) is 20.7 Å². The van der Waals surface area contributed by atoms with Crippen LogP contribution in [0.15, 0.2) is 50.8 Å². The Morgan fingerprint density at radius 1 is 1.19 bits per heavy atom. The second-order valence-electron chi connectivity index (χ2n) is 7.09. The summed E-state index contributed by atoms with van der Waals surface area (Å²) in [5.41, 5.74) is 1.41. The number of hydrogen-bond donors (Lipinski definition) is 2. The van der Waals surface area contributed by atoms with Crippen molar-refractivity contribution in [2.75, 3.05) is 12.4 Å². The van der Waals surface area contributed by atoms with Crippen LogP contribution in [0.2, 0.25) is 0 Å². The Morgan fingerprint density at radius 3 is 2.66 bits per heavy atom. The standard InChI is InChI=1S/C21H20N4O4S3/c1-12-6-7-14(9-17(12)32(28,29)22-3)24-18(26)10-25-13(2)23-20-19(21(25)27)15(11-31-20)16-5-4-8-30-16/h4-9,11,22H,10H2,1-3H3,(H,24,26). The Hall–Kier alpha value is -2.86. The van der Waals surface area contributed by atoms with Crippen molar-refractivity contribution < 1.29 is 13.2 Å². The van der Waals surface area contributed by atoms with Crippen LogP contribution >= 0.6 is 22.7 Å². The summed E-state index contributed by atoms with van der Waals surface area (Å²) in [7, 11) is -2.34. The topological polar surface area (TPSA) is 110 Å². The van der Waals surface area contributed by atoms with E-state index < -0.39 is 15.9 Å². The predicted octanol–water partition coefficient (Wildman–Crippen LogP) is 3.35. The third-order valence-electron chi connectivity index (χ3n) is 5.00. The quantitative estimate of drug-likeness (QED) is 0.433. The molecule has 3 heterocycles. The van der Waals surface area contributed by atoms with E-state index in [4.69, 9.17) is 0 Å². The number of rotatable bonds is 6. The van der Waals surface area contributed by atoms with Gasteiger partial charge in [0.25, 0.3) is 5.56 Å². The number of carbonyl (C=O) groups is 1. The SMILES string of the molecule is CNS(=O)(=O)c1cc(NC(=O)Cn2c(C)nc3scc(-c4cccs4)c3c2=O)ccc1C. The van der Waals surface area contributed by atoms with E-state index in [1.807, 2.05) is 22.9 Å². The van der Waals surface area contributed by atoms with Gasteiger partial charge in [-0.25, -0.2) is 18.1 Å². The number of aryl methyl sites for hydroxylation is 2. The maximum absolute atomic E-state index is 13.3. The van der Waals surface area contributed by atoms with Gasteiger partial charge < -0.3 is 5.32 Å². The van der Waals surface area contributed by atoms with Crippen molar-refractivity contribution in [1.82, 2.24) is 14.3 Å². The van der Waals surface area contributed by atoms with E-state index in [2.05, 4.69) is 15.0 Å². The van der Waals surface area contributed by atoms with E-state index >= 15 is 0 Å². The van der Waals surface area contributed by atoms with Crippen LogP contribution in [0.3, 0.4) is 0 Å². The molecule has 1 amide bonds. The fourth-order valence-corrected chi connectivity index (χ4v) is 6.14. The highest BCUT2D eigenvalue weighted by Crippen LogP contribution is 2.33. The van der Waals surface area contributed by atoms with Gasteiger partial charge in [-0.15, -0.1) is 22.7 Å². The first-order valence-electron chi connectivity index (χ1n) is 9.58. The van der Waals surface area contributed by atoms with Crippen LogP contribution in [0.4, 0.5) is 5.69 Å². The molecule has 1 aromatic carbocycles. The normalized spacial score (nSPS) is 11.7. The van der Waals surface area contributed by atoms with Gasteiger partial charge in [0.1, 0.15) is 17.2 Å². The molecule has 166 valence electrons. The minimum atomic E-state index is -3.67. The molecule has 0 atom stereocenters. The fraction of sp³-hybridized carbons (Fsp3) is 0.190. The molecule has 0 bridgehead atoms. The van der Waals surface area contributed by atoms with Gasteiger partial charge in [0.05, 0.1) is 10.3 Å². The summed E-state index contributed by atoms with van der Waals surface area (Å²) in [5, 5.41) is 7.02. The smallest absolute Gasteiger partial charge is 0.263 e. The van der Waals surface area contributed by atoms with Gasteiger partial charge in [0.15, 0.2) is 0 Å². The molecule has 0 saturated heterocycles. The van der Waals surface area contributed by atoms with Gasteiger partial charge in [-0.05, 0) is 50.0 Å². The number of nitrogens with one attached hydrogen (secondary N) is 2. The summed E-state index contributed by atoms with van der Waals surface area (Å²) in [6.07, 6.45) is 0. The molecule has 0 aliphatic carbocycles. The van der Waals surface area contributed by atoms with Crippen molar-refractivity contribution in [3.05, 3.63) is 62.8 Å². The summed E-state index contributed by atoms with van der Waals surface area (Å²) in [6, 6.07) is 8.48. The van der Waals surface area contributed by atoms with Crippen molar-refractivity contribution >= 4 is 54.5 Å². The number of nitrogens with zero attached hydrogens (tertiary/aromatic N) is 2. The number of sulfonamides is 1. The zero-order chi connectivity index (χ0) is 23.0. The Labute approximate surface area is 192 Å². The minimum absolute atomic E-state index is 0.0769.